The van der Waals surface area contributed by atoms with Gasteiger partial charge in [-0.1, -0.05) is 41.4 Å². The van der Waals surface area contributed by atoms with Crippen LogP contribution in [0.3, 0.4) is 0 Å². The van der Waals surface area contributed by atoms with Crippen LogP contribution < -0.4 is 11.1 Å². The van der Waals surface area contributed by atoms with Crippen molar-refractivity contribution in [1.29, 1.82) is 0 Å². The van der Waals surface area contributed by atoms with Gasteiger partial charge in [-0.2, -0.15) is 0 Å². The lowest BCUT2D eigenvalue weighted by Crippen LogP contribution is -2.41. The number of amides is 1. The Kier molecular flexibility index (Phi) is 6.59. The van der Waals surface area contributed by atoms with Crippen molar-refractivity contribution in [1.82, 2.24) is 5.32 Å². The zero-order valence-corrected chi connectivity index (χ0v) is 14.5. The van der Waals surface area contributed by atoms with E-state index in [1.54, 1.807) is 36.4 Å². The maximum atomic E-state index is 12.0. The number of thioether (sulfide) groups is 1. The van der Waals surface area contributed by atoms with Crippen LogP contribution in [-0.4, -0.2) is 22.8 Å². The molecule has 1 atom stereocenters. The van der Waals surface area contributed by atoms with Crippen LogP contribution in [0.4, 0.5) is 0 Å². The van der Waals surface area contributed by atoms with Crippen molar-refractivity contribution in [2.75, 3.05) is 5.75 Å². The molecule has 2 aromatic rings. The first-order valence-electron chi connectivity index (χ1n) is 6.85. The van der Waals surface area contributed by atoms with Gasteiger partial charge in [-0.05, 0) is 29.8 Å². The molecule has 122 valence electrons. The predicted molar refractivity (Wildman–Crippen MR) is 95.1 cm³/mol. The number of hydrogen-bond donors (Lipinski definition) is 3. The normalized spacial score (nSPS) is 12.0. The van der Waals surface area contributed by atoms with Gasteiger partial charge >= 0.3 is 0 Å². The van der Waals surface area contributed by atoms with Crippen LogP contribution in [0.5, 0.6) is 5.75 Å². The van der Waals surface area contributed by atoms with Gasteiger partial charge in [0.25, 0.3) is 0 Å². The molecule has 1 amide bonds. The second-order valence-electron chi connectivity index (χ2n) is 4.85. The van der Waals surface area contributed by atoms with Crippen LogP contribution in [0.25, 0.3) is 0 Å². The second-order valence-corrected chi connectivity index (χ2v) is 6.73. The predicted octanol–water partition coefficient (Wildman–Crippen LogP) is 3.43. The van der Waals surface area contributed by atoms with Crippen molar-refractivity contribution in [2.45, 2.75) is 17.5 Å². The van der Waals surface area contributed by atoms with Crippen molar-refractivity contribution >= 4 is 40.9 Å². The Morgan fingerprint density at radius 2 is 1.96 bits per heavy atom. The van der Waals surface area contributed by atoms with E-state index < -0.39 is 6.04 Å². The topological polar surface area (TPSA) is 75.3 Å². The molecular weight excluding hydrogens is 355 g/mol. The Labute approximate surface area is 149 Å². The van der Waals surface area contributed by atoms with Gasteiger partial charge in [-0.25, -0.2) is 0 Å². The average Bonchev–Trinajstić information content (AvgIpc) is 2.54. The molecule has 0 unspecified atom stereocenters. The van der Waals surface area contributed by atoms with Gasteiger partial charge in [0.05, 0.1) is 16.1 Å². The summed E-state index contributed by atoms with van der Waals surface area (Å²) in [7, 11) is 0. The molecule has 23 heavy (non-hydrogen) atoms. The minimum atomic E-state index is -0.678. The summed E-state index contributed by atoms with van der Waals surface area (Å²) >= 11 is 13.1. The van der Waals surface area contributed by atoms with E-state index in [0.717, 1.165) is 5.56 Å². The lowest BCUT2D eigenvalue weighted by atomic mass is 10.2. The number of phenolic OH excluding ortho intramolecular Hbond substituents is 1. The lowest BCUT2D eigenvalue weighted by Gasteiger charge is -2.13. The number of rotatable bonds is 6. The standard InChI is InChI=1S/C16H16Cl2N2O2S/c17-11-6-5-10(7-12(11)18)8-20-16(22)13(19)9-23-15-4-2-1-3-14(15)21/h1-7,13,21H,8-9,19H2,(H,20,22)/t13-/m1/s1. The molecule has 0 spiro atoms. The summed E-state index contributed by atoms with van der Waals surface area (Å²) in [5.74, 6) is 0.282. The molecule has 0 aliphatic carbocycles. The molecule has 0 bridgehead atoms. The molecule has 0 saturated heterocycles. The van der Waals surface area contributed by atoms with E-state index in [1.165, 1.54) is 11.8 Å². The summed E-state index contributed by atoms with van der Waals surface area (Å²) in [5, 5.41) is 13.3. The molecule has 0 fully saturated rings. The number of carbonyl (C=O) groups excluding carboxylic acids is 1. The molecule has 0 aliphatic rings. The highest BCUT2D eigenvalue weighted by molar-refractivity contribution is 7.99. The third-order valence-corrected chi connectivity index (χ3v) is 4.99. The molecule has 2 rings (SSSR count). The van der Waals surface area contributed by atoms with E-state index in [4.69, 9.17) is 28.9 Å². The highest BCUT2D eigenvalue weighted by Gasteiger charge is 2.14. The van der Waals surface area contributed by atoms with Crippen LogP contribution in [0.1, 0.15) is 5.56 Å². The van der Waals surface area contributed by atoms with Crippen LogP contribution >= 0.6 is 35.0 Å². The molecule has 0 heterocycles. The Bertz CT molecular complexity index is 698. The quantitative estimate of drug-likeness (QED) is 0.680. The van der Waals surface area contributed by atoms with E-state index >= 15 is 0 Å². The Morgan fingerprint density at radius 1 is 1.22 bits per heavy atom. The summed E-state index contributed by atoms with van der Waals surface area (Å²) < 4.78 is 0. The number of para-hydroxylation sites is 1. The van der Waals surface area contributed by atoms with Gasteiger partial charge in [0.1, 0.15) is 5.75 Å². The van der Waals surface area contributed by atoms with Gasteiger partial charge in [-0.3, -0.25) is 4.79 Å². The minimum absolute atomic E-state index is 0.181. The van der Waals surface area contributed by atoms with Crippen LogP contribution in [-0.2, 0) is 11.3 Å². The molecule has 4 nitrogen and oxygen atoms in total. The molecule has 0 aliphatic heterocycles. The number of phenols is 1. The van der Waals surface area contributed by atoms with E-state index in [-0.39, 0.29) is 11.7 Å². The van der Waals surface area contributed by atoms with Gasteiger partial charge < -0.3 is 16.2 Å². The largest absolute Gasteiger partial charge is 0.507 e. The summed E-state index contributed by atoms with van der Waals surface area (Å²) in [4.78, 5) is 12.7. The third-order valence-electron chi connectivity index (χ3n) is 3.07. The lowest BCUT2D eigenvalue weighted by molar-refractivity contribution is -0.122. The molecule has 0 aromatic heterocycles. The number of carbonyl (C=O) groups is 1. The first-order chi connectivity index (χ1) is 11.0. The SMILES string of the molecule is N[C@H](CSc1ccccc1O)C(=O)NCc1ccc(Cl)c(Cl)c1. The first kappa shape index (κ1) is 17.9. The van der Waals surface area contributed by atoms with E-state index in [1.807, 2.05) is 6.07 Å². The van der Waals surface area contributed by atoms with Crippen molar-refractivity contribution < 1.29 is 9.90 Å². The molecule has 2 aromatic carbocycles. The van der Waals surface area contributed by atoms with Gasteiger partial charge in [0.15, 0.2) is 0 Å². The second kappa shape index (κ2) is 8.45. The minimum Gasteiger partial charge on any atom is -0.507 e. The molecule has 4 N–H and O–H groups in total. The maximum Gasteiger partial charge on any atom is 0.238 e. The fraction of sp³-hybridized carbons (Fsp3) is 0.188. The van der Waals surface area contributed by atoms with Crippen molar-refractivity contribution in [3.8, 4) is 5.75 Å². The van der Waals surface area contributed by atoms with Crippen LogP contribution in [0.2, 0.25) is 10.0 Å². The summed E-state index contributed by atoms with van der Waals surface area (Å²) in [6.45, 7) is 0.324. The fourth-order valence-electron chi connectivity index (χ4n) is 1.80. The molecule has 0 saturated carbocycles. The van der Waals surface area contributed by atoms with Crippen molar-refractivity contribution in [2.24, 2.45) is 5.73 Å². The number of nitrogens with one attached hydrogen (secondary N) is 1. The smallest absolute Gasteiger partial charge is 0.238 e. The number of halogens is 2. The average molecular weight is 371 g/mol. The number of aromatic hydroxyl groups is 1. The zero-order chi connectivity index (χ0) is 16.8. The first-order valence-corrected chi connectivity index (χ1v) is 8.59. The van der Waals surface area contributed by atoms with Gasteiger partial charge in [-0.15, -0.1) is 11.8 Å². The summed E-state index contributed by atoms with van der Waals surface area (Å²) in [6, 6.07) is 11.4. The summed E-state index contributed by atoms with van der Waals surface area (Å²) in [6.07, 6.45) is 0. The van der Waals surface area contributed by atoms with Gasteiger partial charge in [0, 0.05) is 17.2 Å². The molecule has 7 heteroatoms. The van der Waals surface area contributed by atoms with Crippen LogP contribution in [0.15, 0.2) is 47.4 Å². The molecular formula is C16H16Cl2N2O2S. The number of benzene rings is 2. The van der Waals surface area contributed by atoms with Crippen LogP contribution in [0, 0.1) is 0 Å². The van der Waals surface area contributed by atoms with E-state index in [9.17, 15) is 9.90 Å². The van der Waals surface area contributed by atoms with E-state index in [2.05, 4.69) is 5.32 Å². The number of nitrogens with two attached hydrogens (primary N) is 1. The summed E-state index contributed by atoms with van der Waals surface area (Å²) in [5.41, 5.74) is 6.71. The van der Waals surface area contributed by atoms with E-state index in [0.29, 0.717) is 27.2 Å². The van der Waals surface area contributed by atoms with Crippen molar-refractivity contribution in [3.05, 3.63) is 58.1 Å². The Morgan fingerprint density at radius 3 is 2.65 bits per heavy atom. The van der Waals surface area contributed by atoms with Crippen molar-refractivity contribution in [3.63, 3.8) is 0 Å². The van der Waals surface area contributed by atoms with Gasteiger partial charge in [0.2, 0.25) is 5.91 Å². The fourth-order valence-corrected chi connectivity index (χ4v) is 3.03. The molecule has 0 radical (unpaired) electrons. The Hall–Kier alpha value is -1.40. The Balaban J connectivity index is 1.83. The zero-order valence-electron chi connectivity index (χ0n) is 12.1. The number of hydrogen-bond acceptors (Lipinski definition) is 4. The third kappa shape index (κ3) is 5.32. The highest BCUT2D eigenvalue weighted by atomic mass is 35.5. The maximum absolute atomic E-state index is 12.0. The monoisotopic (exact) mass is 370 g/mol. The highest BCUT2D eigenvalue weighted by Crippen LogP contribution is 2.27.